The Kier molecular flexibility index (Phi) is 4.32. The van der Waals surface area contributed by atoms with Gasteiger partial charge >= 0.3 is 5.97 Å². The summed E-state index contributed by atoms with van der Waals surface area (Å²) in [4.78, 5) is 10.4. The third kappa shape index (κ3) is 3.34. The number of hydrogen-bond acceptors (Lipinski definition) is 2. The van der Waals surface area contributed by atoms with Crippen molar-refractivity contribution >= 4 is 21.9 Å². The molecule has 5 heteroatoms. The molecule has 0 amide bonds. The lowest BCUT2D eigenvalue weighted by Gasteiger charge is -2.10. The molecular weight excluding hydrogens is 260 g/mol. The van der Waals surface area contributed by atoms with Gasteiger partial charge in [0.15, 0.2) is 0 Å². The van der Waals surface area contributed by atoms with Crippen molar-refractivity contribution in [1.82, 2.24) is 9.78 Å². The van der Waals surface area contributed by atoms with Crippen LogP contribution in [0.3, 0.4) is 0 Å². The molecule has 0 unspecified atom stereocenters. The molecule has 1 aromatic heterocycles. The minimum atomic E-state index is -0.748. The van der Waals surface area contributed by atoms with Crippen LogP contribution in [-0.2, 0) is 11.2 Å². The Labute approximate surface area is 97.4 Å². The van der Waals surface area contributed by atoms with Gasteiger partial charge in [0.1, 0.15) is 0 Å². The average molecular weight is 275 g/mol. The summed E-state index contributed by atoms with van der Waals surface area (Å²) in [7, 11) is 0. The van der Waals surface area contributed by atoms with E-state index in [1.165, 1.54) is 0 Å². The molecule has 15 heavy (non-hydrogen) atoms. The van der Waals surface area contributed by atoms with Crippen LogP contribution in [0.5, 0.6) is 0 Å². The van der Waals surface area contributed by atoms with Crippen molar-refractivity contribution in [2.75, 3.05) is 0 Å². The molecule has 0 atom stereocenters. The van der Waals surface area contributed by atoms with E-state index < -0.39 is 5.97 Å². The largest absolute Gasteiger partial charge is 0.481 e. The first-order valence-electron chi connectivity index (χ1n) is 4.96. The maximum Gasteiger partial charge on any atom is 0.303 e. The second-order valence-corrected chi connectivity index (χ2v) is 4.58. The SMILES string of the molecule is CC(C)n1ncc(Br)c1CCCC(=O)O. The molecule has 0 saturated carbocycles. The van der Waals surface area contributed by atoms with Gasteiger partial charge in [-0.3, -0.25) is 9.48 Å². The number of aliphatic carboxylic acids is 1. The number of carbonyl (C=O) groups is 1. The van der Waals surface area contributed by atoms with Gasteiger partial charge in [-0.15, -0.1) is 0 Å². The lowest BCUT2D eigenvalue weighted by molar-refractivity contribution is -0.137. The van der Waals surface area contributed by atoms with Crippen molar-refractivity contribution in [3.8, 4) is 0 Å². The molecule has 0 fully saturated rings. The number of carboxylic acid groups (broad SMARTS) is 1. The monoisotopic (exact) mass is 274 g/mol. The molecule has 1 aromatic rings. The number of carboxylic acids is 1. The standard InChI is InChI=1S/C10H15BrN2O2/c1-7(2)13-9(8(11)6-12-13)4-3-5-10(14)15/h6-7H,3-5H2,1-2H3,(H,14,15). The molecule has 84 valence electrons. The molecule has 0 aliphatic heterocycles. The van der Waals surface area contributed by atoms with Crippen molar-refractivity contribution in [1.29, 1.82) is 0 Å². The molecule has 0 aliphatic rings. The summed E-state index contributed by atoms with van der Waals surface area (Å²) in [6.45, 7) is 4.11. The summed E-state index contributed by atoms with van der Waals surface area (Å²) in [6, 6.07) is 0.302. The lowest BCUT2D eigenvalue weighted by atomic mass is 10.2. The van der Waals surface area contributed by atoms with Crippen LogP contribution in [0.25, 0.3) is 0 Å². The topological polar surface area (TPSA) is 55.1 Å². The van der Waals surface area contributed by atoms with Crippen LogP contribution in [0.2, 0.25) is 0 Å². The molecule has 4 nitrogen and oxygen atoms in total. The van der Waals surface area contributed by atoms with E-state index in [2.05, 4.69) is 34.9 Å². The Morgan fingerprint density at radius 3 is 2.87 bits per heavy atom. The molecule has 1 heterocycles. The van der Waals surface area contributed by atoms with E-state index in [0.29, 0.717) is 12.5 Å². The first-order chi connectivity index (χ1) is 7.02. The second-order valence-electron chi connectivity index (χ2n) is 3.72. The molecule has 0 bridgehead atoms. The van der Waals surface area contributed by atoms with E-state index >= 15 is 0 Å². The van der Waals surface area contributed by atoms with Crippen LogP contribution in [0.15, 0.2) is 10.7 Å². The van der Waals surface area contributed by atoms with E-state index in [4.69, 9.17) is 5.11 Å². The highest BCUT2D eigenvalue weighted by atomic mass is 79.9. The van der Waals surface area contributed by atoms with Crippen molar-refractivity contribution in [2.24, 2.45) is 0 Å². The normalized spacial score (nSPS) is 10.9. The van der Waals surface area contributed by atoms with Gasteiger partial charge in [-0.05, 0) is 42.6 Å². The summed E-state index contributed by atoms with van der Waals surface area (Å²) in [6.07, 6.45) is 3.35. The fourth-order valence-corrected chi connectivity index (χ4v) is 1.92. The Morgan fingerprint density at radius 1 is 1.67 bits per heavy atom. The van der Waals surface area contributed by atoms with Gasteiger partial charge < -0.3 is 5.11 Å². The molecule has 0 radical (unpaired) electrons. The van der Waals surface area contributed by atoms with E-state index in [9.17, 15) is 4.79 Å². The summed E-state index contributed by atoms with van der Waals surface area (Å²) in [5.74, 6) is -0.748. The Balaban J connectivity index is 2.66. The van der Waals surface area contributed by atoms with Crippen molar-refractivity contribution in [3.63, 3.8) is 0 Å². The maximum atomic E-state index is 10.4. The molecule has 0 aliphatic carbocycles. The zero-order valence-electron chi connectivity index (χ0n) is 8.90. The number of aromatic nitrogens is 2. The first-order valence-corrected chi connectivity index (χ1v) is 5.75. The predicted octanol–water partition coefficient (Wildman–Crippen LogP) is 2.63. The Morgan fingerprint density at radius 2 is 2.33 bits per heavy atom. The third-order valence-corrected chi connectivity index (χ3v) is 2.80. The molecule has 1 rings (SSSR count). The van der Waals surface area contributed by atoms with Crippen LogP contribution in [-0.4, -0.2) is 20.9 Å². The predicted molar refractivity (Wildman–Crippen MR) is 60.9 cm³/mol. The van der Waals surface area contributed by atoms with E-state index in [-0.39, 0.29) is 6.42 Å². The van der Waals surface area contributed by atoms with Gasteiger partial charge in [0.2, 0.25) is 0 Å². The number of nitrogens with zero attached hydrogens (tertiary/aromatic N) is 2. The average Bonchev–Trinajstić information content (AvgIpc) is 2.47. The Hall–Kier alpha value is -0.840. The fraction of sp³-hybridized carbons (Fsp3) is 0.600. The van der Waals surface area contributed by atoms with Crippen molar-refractivity contribution in [2.45, 2.75) is 39.2 Å². The third-order valence-electron chi connectivity index (χ3n) is 2.14. The van der Waals surface area contributed by atoms with Crippen LogP contribution in [0, 0.1) is 0 Å². The van der Waals surface area contributed by atoms with Crippen molar-refractivity contribution < 1.29 is 9.90 Å². The van der Waals surface area contributed by atoms with Crippen LogP contribution >= 0.6 is 15.9 Å². The van der Waals surface area contributed by atoms with Gasteiger partial charge in [-0.1, -0.05) is 0 Å². The second kappa shape index (κ2) is 5.30. The summed E-state index contributed by atoms with van der Waals surface area (Å²) >= 11 is 3.42. The van der Waals surface area contributed by atoms with E-state index in [1.54, 1.807) is 6.20 Å². The maximum absolute atomic E-state index is 10.4. The van der Waals surface area contributed by atoms with Crippen LogP contribution in [0.4, 0.5) is 0 Å². The van der Waals surface area contributed by atoms with Crippen LogP contribution < -0.4 is 0 Å². The van der Waals surface area contributed by atoms with Gasteiger partial charge in [0.05, 0.1) is 16.4 Å². The number of halogens is 1. The van der Waals surface area contributed by atoms with Crippen molar-refractivity contribution in [3.05, 3.63) is 16.4 Å². The minimum absolute atomic E-state index is 0.204. The van der Waals surface area contributed by atoms with Gasteiger partial charge in [-0.25, -0.2) is 0 Å². The quantitative estimate of drug-likeness (QED) is 0.898. The molecular formula is C10H15BrN2O2. The zero-order chi connectivity index (χ0) is 11.4. The van der Waals surface area contributed by atoms with Crippen LogP contribution in [0.1, 0.15) is 38.4 Å². The summed E-state index contributed by atoms with van der Waals surface area (Å²) in [5, 5.41) is 12.8. The smallest absolute Gasteiger partial charge is 0.303 e. The Bertz CT molecular complexity index is 347. The summed E-state index contributed by atoms with van der Waals surface area (Å²) in [5.41, 5.74) is 1.08. The summed E-state index contributed by atoms with van der Waals surface area (Å²) < 4.78 is 2.88. The highest BCUT2D eigenvalue weighted by Gasteiger charge is 2.11. The van der Waals surface area contributed by atoms with Gasteiger partial charge in [0, 0.05) is 12.5 Å². The van der Waals surface area contributed by atoms with Gasteiger partial charge in [-0.2, -0.15) is 5.10 Å². The van der Waals surface area contributed by atoms with Gasteiger partial charge in [0.25, 0.3) is 0 Å². The number of hydrogen-bond donors (Lipinski definition) is 1. The molecule has 0 saturated heterocycles. The van der Waals surface area contributed by atoms with E-state index in [1.807, 2.05) is 4.68 Å². The minimum Gasteiger partial charge on any atom is -0.481 e. The molecule has 0 aromatic carbocycles. The molecule has 1 N–H and O–H groups in total. The fourth-order valence-electron chi connectivity index (χ4n) is 1.45. The zero-order valence-corrected chi connectivity index (χ0v) is 10.5. The highest BCUT2D eigenvalue weighted by Crippen LogP contribution is 2.21. The first kappa shape index (κ1) is 12.2. The molecule has 0 spiro atoms. The highest BCUT2D eigenvalue weighted by molar-refractivity contribution is 9.10. The number of rotatable bonds is 5. The lowest BCUT2D eigenvalue weighted by Crippen LogP contribution is -2.08. The van der Waals surface area contributed by atoms with E-state index in [0.717, 1.165) is 16.6 Å².